The number of isothiocyanates is 1. The molecule has 0 aromatic heterocycles. The van der Waals surface area contributed by atoms with Gasteiger partial charge < -0.3 is 26.3 Å². The summed E-state index contributed by atoms with van der Waals surface area (Å²) in [6.07, 6.45) is 2.78. The van der Waals surface area contributed by atoms with Crippen LogP contribution in [0.3, 0.4) is 0 Å². The van der Waals surface area contributed by atoms with Gasteiger partial charge in [-0.25, -0.2) is 0 Å². The van der Waals surface area contributed by atoms with E-state index in [1.807, 2.05) is 48.5 Å². The molecule has 2 aromatic rings. The molecule has 0 amide bonds. The topological polar surface area (TPSA) is 138 Å². The van der Waals surface area contributed by atoms with Crippen molar-refractivity contribution in [2.75, 3.05) is 55.6 Å². The molecule has 0 aliphatic carbocycles. The van der Waals surface area contributed by atoms with Crippen molar-refractivity contribution in [1.82, 2.24) is 9.80 Å². The third-order valence-corrected chi connectivity index (χ3v) is 9.07. The SMILES string of the molecule is CCN1CCC(Oc2ccc(N=C=S)cc2)C1.CCN1CCC(Oc2ccc(NC(=S)N=C(N)SCP)cc2)C1.Cl.N=C(N)SCP. The number of halogens is 1. The minimum atomic E-state index is 0. The van der Waals surface area contributed by atoms with Crippen LogP contribution in [-0.2, 0) is 0 Å². The number of aliphatic imine (C=N–C) groups is 2. The van der Waals surface area contributed by atoms with Gasteiger partial charge in [0.2, 0.25) is 0 Å². The number of nitrogens with two attached hydrogens (primary N) is 2. The van der Waals surface area contributed by atoms with Crippen LogP contribution >= 0.6 is 78.8 Å². The van der Waals surface area contributed by atoms with Gasteiger partial charge in [0, 0.05) is 42.9 Å². The fraction of sp³-hybridized carbons (Fsp3) is 0.467. The molecule has 2 fully saturated rings. The van der Waals surface area contributed by atoms with E-state index in [4.69, 9.17) is 38.6 Å². The van der Waals surface area contributed by atoms with E-state index in [0.717, 1.165) is 86.0 Å². The van der Waals surface area contributed by atoms with Crippen molar-refractivity contribution < 1.29 is 9.47 Å². The van der Waals surface area contributed by atoms with Gasteiger partial charge in [-0.3, -0.25) is 15.2 Å². The Bertz CT molecular complexity index is 1290. The minimum Gasteiger partial charge on any atom is -0.489 e. The number of rotatable bonds is 10. The molecule has 0 spiro atoms. The number of benzene rings is 2. The molecule has 4 rings (SSSR count). The summed E-state index contributed by atoms with van der Waals surface area (Å²) in [7, 11) is 5.05. The zero-order valence-electron chi connectivity index (χ0n) is 26.8. The molecule has 260 valence electrons. The van der Waals surface area contributed by atoms with Crippen LogP contribution in [0.2, 0.25) is 0 Å². The molecule has 4 atom stereocenters. The van der Waals surface area contributed by atoms with Crippen LogP contribution in [0.25, 0.3) is 0 Å². The molecular weight excluding hydrogens is 730 g/mol. The highest BCUT2D eigenvalue weighted by Crippen LogP contribution is 2.22. The van der Waals surface area contributed by atoms with Crippen LogP contribution in [0.1, 0.15) is 26.7 Å². The van der Waals surface area contributed by atoms with E-state index in [0.29, 0.717) is 16.4 Å². The summed E-state index contributed by atoms with van der Waals surface area (Å²) in [5.41, 5.74) is 14.0. The summed E-state index contributed by atoms with van der Waals surface area (Å²) in [6.45, 7) is 10.8. The number of nitrogens with zero attached hydrogens (tertiary/aromatic N) is 4. The first-order valence-electron chi connectivity index (χ1n) is 14.9. The van der Waals surface area contributed by atoms with E-state index >= 15 is 0 Å². The van der Waals surface area contributed by atoms with Crippen molar-refractivity contribution in [3.8, 4) is 11.5 Å². The highest BCUT2D eigenvalue weighted by atomic mass is 35.5. The van der Waals surface area contributed by atoms with Crippen LogP contribution < -0.4 is 26.3 Å². The summed E-state index contributed by atoms with van der Waals surface area (Å²) >= 11 is 12.5. The number of hydrogen-bond acceptors (Lipinski definition) is 10. The molecule has 47 heavy (non-hydrogen) atoms. The lowest BCUT2D eigenvalue weighted by molar-refractivity contribution is 0.202. The normalized spacial score (nSPS) is 17.5. The molecule has 4 unspecified atom stereocenters. The van der Waals surface area contributed by atoms with Gasteiger partial charge in [0.25, 0.3) is 0 Å². The first kappa shape index (κ1) is 43.5. The summed E-state index contributed by atoms with van der Waals surface area (Å²) in [5, 5.41) is 13.0. The Hall–Kier alpha value is -1.56. The number of likely N-dealkylation sites (tertiary alicyclic amines) is 2. The van der Waals surface area contributed by atoms with Crippen molar-refractivity contribution >= 4 is 111 Å². The lowest BCUT2D eigenvalue weighted by Crippen LogP contribution is -2.24. The zero-order valence-corrected chi connectivity index (χ0v) is 33.2. The summed E-state index contributed by atoms with van der Waals surface area (Å²) in [5.74, 6) is 1.78. The third kappa shape index (κ3) is 18.7. The van der Waals surface area contributed by atoms with Crippen LogP contribution in [0.15, 0.2) is 58.5 Å². The zero-order chi connectivity index (χ0) is 33.7. The molecule has 0 bridgehead atoms. The van der Waals surface area contributed by atoms with E-state index in [9.17, 15) is 0 Å². The first-order chi connectivity index (χ1) is 22.2. The van der Waals surface area contributed by atoms with Crippen LogP contribution in [0.4, 0.5) is 11.4 Å². The van der Waals surface area contributed by atoms with Gasteiger partial charge in [0.05, 0.1) is 10.8 Å². The highest BCUT2D eigenvalue weighted by Gasteiger charge is 2.23. The third-order valence-electron chi connectivity index (χ3n) is 6.76. The number of thioether (sulfide) groups is 2. The number of likely N-dealkylation sites (N-methyl/N-ethyl adjacent to an activating group) is 2. The van der Waals surface area contributed by atoms with Gasteiger partial charge in [-0.1, -0.05) is 37.4 Å². The maximum atomic E-state index is 6.62. The van der Waals surface area contributed by atoms with Crippen LogP contribution in [0.5, 0.6) is 11.5 Å². The van der Waals surface area contributed by atoms with Crippen molar-refractivity contribution in [2.24, 2.45) is 21.5 Å². The smallest absolute Gasteiger partial charge is 0.199 e. The molecule has 17 heteroatoms. The molecule has 10 nitrogen and oxygen atoms in total. The lowest BCUT2D eigenvalue weighted by Gasteiger charge is -2.15. The summed E-state index contributed by atoms with van der Waals surface area (Å²) in [6, 6.07) is 15.4. The van der Waals surface area contributed by atoms with Crippen LogP contribution in [-0.4, -0.2) is 92.9 Å². The maximum absolute atomic E-state index is 6.62. The van der Waals surface area contributed by atoms with Gasteiger partial charge >= 0.3 is 0 Å². The summed E-state index contributed by atoms with van der Waals surface area (Å²) in [4.78, 5) is 12.8. The predicted molar refractivity (Wildman–Crippen MR) is 221 cm³/mol. The second kappa shape index (κ2) is 25.4. The molecule has 6 N–H and O–H groups in total. The number of ether oxygens (including phenoxy) is 2. The molecule has 0 saturated carbocycles. The Morgan fingerprint density at radius 3 is 1.81 bits per heavy atom. The highest BCUT2D eigenvalue weighted by molar-refractivity contribution is 8.16. The fourth-order valence-electron chi connectivity index (χ4n) is 4.47. The van der Waals surface area contributed by atoms with Crippen molar-refractivity contribution in [1.29, 1.82) is 5.41 Å². The monoisotopic (exact) mass is 776 g/mol. The van der Waals surface area contributed by atoms with E-state index in [1.54, 1.807) is 0 Å². The van der Waals surface area contributed by atoms with Gasteiger partial charge in [-0.2, -0.15) is 9.98 Å². The van der Waals surface area contributed by atoms with Crippen molar-refractivity contribution in [3.63, 3.8) is 0 Å². The molecule has 2 aliphatic heterocycles. The van der Waals surface area contributed by atoms with Crippen molar-refractivity contribution in [2.45, 2.75) is 38.9 Å². The molecule has 0 radical (unpaired) electrons. The second-order valence-electron chi connectivity index (χ2n) is 9.93. The largest absolute Gasteiger partial charge is 0.489 e. The lowest BCUT2D eigenvalue weighted by atomic mass is 10.3. The Kier molecular flexibility index (Phi) is 23.5. The number of thiocarbonyl (C=S) groups is 2. The summed E-state index contributed by atoms with van der Waals surface area (Å²) < 4.78 is 11.9. The Balaban J connectivity index is 0.000000405. The Morgan fingerprint density at radius 2 is 1.43 bits per heavy atom. The number of nitrogens with one attached hydrogen (secondary N) is 2. The number of hydrogen-bond donors (Lipinski definition) is 4. The van der Waals surface area contributed by atoms with E-state index in [-0.39, 0.29) is 23.7 Å². The molecule has 2 heterocycles. The Labute approximate surface area is 309 Å². The average molecular weight is 777 g/mol. The first-order valence-corrected chi connectivity index (χ1v) is 19.3. The fourth-order valence-corrected chi connectivity index (χ4v) is 6.41. The van der Waals surface area contributed by atoms with Gasteiger partial charge in [-0.15, -0.1) is 30.9 Å². The predicted octanol–water partition coefficient (Wildman–Crippen LogP) is 6.50. The maximum Gasteiger partial charge on any atom is 0.199 e. The van der Waals surface area contributed by atoms with Crippen molar-refractivity contribution in [3.05, 3.63) is 48.5 Å². The molecular formula is C30H47ClN8O2P2S4. The minimum absolute atomic E-state index is 0. The van der Waals surface area contributed by atoms with E-state index < -0.39 is 0 Å². The quantitative estimate of drug-likeness (QED) is 0.0912. The standard InChI is InChI=1S/C15H23N4OPS2.C13H16N2OS.C2H7N2PS.ClH/c1-2-19-8-7-13(9-19)20-12-5-3-11(4-6-12)17-15(22)18-14(16)23-10-21;1-2-15-8-7-13(9-15)16-12-5-3-11(4-6-12)14-10-17;3-2(4)6-1-5;/h3-6,13H,2,7-10,21H2,1H3,(H3,16,17,18,22);3-6,13H,2,7-9H2,1H3;1,5H2,(H3,3,4);1H. The van der Waals surface area contributed by atoms with Gasteiger partial charge in [-0.05, 0) is 98.9 Å². The van der Waals surface area contributed by atoms with Crippen LogP contribution in [0, 0.1) is 5.41 Å². The Morgan fingerprint density at radius 1 is 0.936 bits per heavy atom. The molecule has 2 saturated heterocycles. The van der Waals surface area contributed by atoms with E-state index in [2.05, 4.69) is 74.8 Å². The van der Waals surface area contributed by atoms with Gasteiger partial charge in [0.15, 0.2) is 15.4 Å². The molecule has 2 aromatic carbocycles. The number of amidine groups is 2. The van der Waals surface area contributed by atoms with E-state index in [1.165, 1.54) is 23.5 Å². The average Bonchev–Trinajstić information content (AvgIpc) is 3.69. The molecule has 2 aliphatic rings. The number of anilines is 1. The second-order valence-corrected chi connectivity index (χ2v) is 14.6. The van der Waals surface area contributed by atoms with Gasteiger partial charge in [0.1, 0.15) is 23.7 Å².